The first kappa shape index (κ1) is 16.6. The molecular formula is C15H21NO3S. The third-order valence-corrected chi connectivity index (χ3v) is 3.65. The predicted octanol–water partition coefficient (Wildman–Crippen LogP) is 2.55. The molecule has 0 fully saturated rings. The second-order valence-electron chi connectivity index (χ2n) is 4.69. The molecule has 1 N–H and O–H groups in total. The molecule has 110 valence electrons. The van der Waals surface area contributed by atoms with Crippen LogP contribution in [0.4, 0.5) is 0 Å². The molecule has 1 rings (SSSR count). The lowest BCUT2D eigenvalue weighted by Crippen LogP contribution is -2.28. The molecule has 0 radical (unpaired) electrons. The number of carbonyl (C=O) groups excluding carboxylic acids is 2. The Hall–Kier alpha value is -1.49. The third-order valence-electron chi connectivity index (χ3n) is 2.47. The fraction of sp³-hybridized carbons (Fsp3) is 0.467. The van der Waals surface area contributed by atoms with E-state index in [-0.39, 0.29) is 24.4 Å². The van der Waals surface area contributed by atoms with Crippen molar-refractivity contribution in [3.05, 3.63) is 29.8 Å². The van der Waals surface area contributed by atoms with Crippen molar-refractivity contribution in [1.29, 1.82) is 0 Å². The van der Waals surface area contributed by atoms with Crippen LogP contribution in [0.15, 0.2) is 29.2 Å². The molecule has 5 heteroatoms. The number of carbonyl (C=O) groups is 2. The Bertz CT molecular complexity index is 460. The molecule has 0 unspecified atom stereocenters. The molecule has 0 saturated heterocycles. The quantitative estimate of drug-likeness (QED) is 0.620. The van der Waals surface area contributed by atoms with Crippen LogP contribution in [0, 0.1) is 6.92 Å². The lowest BCUT2D eigenvalue weighted by molar-refractivity contribution is -0.147. The molecule has 0 atom stereocenters. The molecule has 1 aromatic rings. The van der Waals surface area contributed by atoms with Gasteiger partial charge in [0.15, 0.2) is 0 Å². The summed E-state index contributed by atoms with van der Waals surface area (Å²) in [5, 5.41) is 2.72. The molecule has 4 nitrogen and oxygen atoms in total. The summed E-state index contributed by atoms with van der Waals surface area (Å²) in [5.74, 6) is -0.00756. The summed E-state index contributed by atoms with van der Waals surface area (Å²) < 4.78 is 4.98. The lowest BCUT2D eigenvalue weighted by Gasteiger charge is -2.09. The van der Waals surface area contributed by atoms with E-state index in [2.05, 4.69) is 5.32 Å². The summed E-state index contributed by atoms with van der Waals surface area (Å²) >= 11 is 1.50. The van der Waals surface area contributed by atoms with E-state index in [9.17, 15) is 9.59 Å². The van der Waals surface area contributed by atoms with Crippen molar-refractivity contribution in [2.75, 3.05) is 12.3 Å². The van der Waals surface area contributed by atoms with Gasteiger partial charge in [0, 0.05) is 11.4 Å². The maximum atomic E-state index is 11.6. The average Bonchev–Trinajstić information content (AvgIpc) is 2.37. The maximum absolute atomic E-state index is 11.6. The van der Waals surface area contributed by atoms with E-state index < -0.39 is 0 Å². The van der Waals surface area contributed by atoms with Gasteiger partial charge in [-0.15, -0.1) is 11.8 Å². The van der Waals surface area contributed by atoms with Crippen LogP contribution in [0.5, 0.6) is 0 Å². The standard InChI is InChI=1S/C15H21NO3S/c1-11(2)19-15(18)8-9-16-14(17)10-20-13-7-5-4-6-12(13)3/h4-7,11H,8-10H2,1-3H3,(H,16,17). The minimum atomic E-state index is -0.285. The van der Waals surface area contributed by atoms with Crippen LogP contribution >= 0.6 is 11.8 Å². The first-order chi connectivity index (χ1) is 9.49. The van der Waals surface area contributed by atoms with E-state index in [4.69, 9.17) is 4.74 Å². The van der Waals surface area contributed by atoms with Crippen molar-refractivity contribution in [2.45, 2.75) is 38.2 Å². The number of thioether (sulfide) groups is 1. The Morgan fingerprint density at radius 3 is 2.65 bits per heavy atom. The molecule has 0 bridgehead atoms. The van der Waals surface area contributed by atoms with Gasteiger partial charge >= 0.3 is 5.97 Å². The van der Waals surface area contributed by atoms with Crippen LogP contribution in [0.25, 0.3) is 0 Å². The summed E-state index contributed by atoms with van der Waals surface area (Å²) in [6.07, 6.45) is 0.0914. The van der Waals surface area contributed by atoms with Gasteiger partial charge in [-0.2, -0.15) is 0 Å². The molecule has 0 saturated carbocycles. The number of aryl methyl sites for hydroxylation is 1. The van der Waals surface area contributed by atoms with E-state index in [1.54, 1.807) is 13.8 Å². The Balaban J connectivity index is 2.21. The minimum absolute atomic E-state index is 0.0735. The van der Waals surface area contributed by atoms with Crippen molar-refractivity contribution in [1.82, 2.24) is 5.32 Å². The van der Waals surface area contributed by atoms with Crippen molar-refractivity contribution in [3.63, 3.8) is 0 Å². The van der Waals surface area contributed by atoms with Crippen LogP contribution in [0.3, 0.4) is 0 Å². The van der Waals surface area contributed by atoms with Crippen molar-refractivity contribution >= 4 is 23.6 Å². The zero-order valence-corrected chi connectivity index (χ0v) is 13.0. The number of hydrogen-bond donors (Lipinski definition) is 1. The summed E-state index contributed by atoms with van der Waals surface area (Å²) in [4.78, 5) is 24.0. The molecule has 20 heavy (non-hydrogen) atoms. The zero-order chi connectivity index (χ0) is 15.0. The Labute approximate surface area is 124 Å². The number of amides is 1. The summed E-state index contributed by atoms with van der Waals surface area (Å²) in [7, 11) is 0. The predicted molar refractivity (Wildman–Crippen MR) is 80.8 cm³/mol. The number of nitrogens with one attached hydrogen (secondary N) is 1. The molecule has 0 heterocycles. The summed E-state index contributed by atoms with van der Waals surface area (Å²) in [6, 6.07) is 7.93. The van der Waals surface area contributed by atoms with E-state index in [0.717, 1.165) is 10.5 Å². The fourth-order valence-corrected chi connectivity index (χ4v) is 2.40. The van der Waals surface area contributed by atoms with Gasteiger partial charge in [0.2, 0.25) is 5.91 Å². The van der Waals surface area contributed by atoms with Crippen molar-refractivity contribution in [3.8, 4) is 0 Å². The van der Waals surface area contributed by atoms with E-state index >= 15 is 0 Å². The van der Waals surface area contributed by atoms with Gasteiger partial charge in [-0.3, -0.25) is 9.59 Å². The monoisotopic (exact) mass is 295 g/mol. The van der Waals surface area contributed by atoms with Crippen LogP contribution in [-0.2, 0) is 14.3 Å². The maximum Gasteiger partial charge on any atom is 0.307 e. The Morgan fingerprint density at radius 1 is 1.30 bits per heavy atom. The third kappa shape index (κ3) is 6.61. The van der Waals surface area contributed by atoms with Gasteiger partial charge in [0.1, 0.15) is 0 Å². The first-order valence-electron chi connectivity index (χ1n) is 6.63. The second kappa shape index (κ2) is 8.64. The number of ether oxygens (including phenoxy) is 1. The number of rotatable bonds is 7. The average molecular weight is 295 g/mol. The van der Waals surface area contributed by atoms with Gasteiger partial charge in [-0.1, -0.05) is 18.2 Å². The highest BCUT2D eigenvalue weighted by atomic mass is 32.2. The normalized spacial score (nSPS) is 10.4. The molecule has 1 amide bonds. The lowest BCUT2D eigenvalue weighted by atomic mass is 10.2. The number of hydrogen-bond acceptors (Lipinski definition) is 4. The Morgan fingerprint density at radius 2 is 2.00 bits per heavy atom. The van der Waals surface area contributed by atoms with Gasteiger partial charge in [0.05, 0.1) is 18.3 Å². The van der Waals surface area contributed by atoms with Gasteiger partial charge in [0.25, 0.3) is 0 Å². The van der Waals surface area contributed by atoms with Crippen LogP contribution in [0.1, 0.15) is 25.8 Å². The largest absolute Gasteiger partial charge is 0.463 e. The highest BCUT2D eigenvalue weighted by Gasteiger charge is 2.07. The zero-order valence-electron chi connectivity index (χ0n) is 12.1. The topological polar surface area (TPSA) is 55.4 Å². The van der Waals surface area contributed by atoms with E-state index in [0.29, 0.717) is 12.3 Å². The first-order valence-corrected chi connectivity index (χ1v) is 7.62. The molecule has 0 aliphatic rings. The molecule has 0 aliphatic heterocycles. The second-order valence-corrected chi connectivity index (χ2v) is 5.71. The van der Waals surface area contributed by atoms with E-state index in [1.165, 1.54) is 11.8 Å². The van der Waals surface area contributed by atoms with Crippen LogP contribution in [-0.4, -0.2) is 30.3 Å². The summed E-state index contributed by atoms with van der Waals surface area (Å²) in [5.41, 5.74) is 1.16. The smallest absolute Gasteiger partial charge is 0.307 e. The van der Waals surface area contributed by atoms with Gasteiger partial charge in [-0.05, 0) is 32.4 Å². The molecule has 0 spiro atoms. The number of esters is 1. The SMILES string of the molecule is Cc1ccccc1SCC(=O)NCCC(=O)OC(C)C. The van der Waals surface area contributed by atoms with Crippen molar-refractivity contribution < 1.29 is 14.3 Å². The highest BCUT2D eigenvalue weighted by molar-refractivity contribution is 8.00. The van der Waals surface area contributed by atoms with Gasteiger partial charge < -0.3 is 10.1 Å². The minimum Gasteiger partial charge on any atom is -0.463 e. The fourth-order valence-electron chi connectivity index (χ4n) is 1.54. The van der Waals surface area contributed by atoms with Crippen molar-refractivity contribution in [2.24, 2.45) is 0 Å². The summed E-state index contributed by atoms with van der Waals surface area (Å²) in [6.45, 7) is 5.94. The molecular weight excluding hydrogens is 274 g/mol. The van der Waals surface area contributed by atoms with E-state index in [1.807, 2.05) is 31.2 Å². The number of benzene rings is 1. The molecule has 0 aromatic heterocycles. The Kier molecular flexibility index (Phi) is 7.15. The van der Waals surface area contributed by atoms with Gasteiger partial charge in [-0.25, -0.2) is 0 Å². The van der Waals surface area contributed by atoms with Crippen LogP contribution in [0.2, 0.25) is 0 Å². The molecule has 1 aromatic carbocycles. The highest BCUT2D eigenvalue weighted by Crippen LogP contribution is 2.21. The van der Waals surface area contributed by atoms with Crippen LogP contribution < -0.4 is 5.32 Å². The molecule has 0 aliphatic carbocycles.